The highest BCUT2D eigenvalue weighted by Gasteiger charge is 2.27. The number of amides is 1. The number of methoxy groups -OCH3 is 2. The maximum atomic E-state index is 12.9. The van der Waals surface area contributed by atoms with E-state index in [0.29, 0.717) is 6.54 Å². The Kier molecular flexibility index (Phi) is 7.58. The van der Waals surface area contributed by atoms with E-state index in [1.165, 1.54) is 32.4 Å². The van der Waals surface area contributed by atoms with E-state index in [1.807, 2.05) is 51.1 Å². The van der Waals surface area contributed by atoms with Crippen molar-refractivity contribution in [3.05, 3.63) is 65.2 Å². The summed E-state index contributed by atoms with van der Waals surface area (Å²) in [6.07, 6.45) is 0. The number of esters is 2. The lowest BCUT2D eigenvalue weighted by Gasteiger charge is -2.35. The third-order valence-corrected chi connectivity index (χ3v) is 4.41. The number of hydrogen-bond donors (Lipinski definition) is 0. The van der Waals surface area contributed by atoms with Gasteiger partial charge in [-0.15, -0.1) is 0 Å². The number of hydrogen-bond acceptors (Lipinski definition) is 6. The van der Waals surface area contributed by atoms with E-state index in [9.17, 15) is 14.4 Å². The first kappa shape index (κ1) is 22.9. The second-order valence-corrected chi connectivity index (χ2v) is 7.65. The lowest BCUT2D eigenvalue weighted by molar-refractivity contribution is -0.139. The molecule has 0 radical (unpaired) electrons. The van der Waals surface area contributed by atoms with Crippen LogP contribution >= 0.6 is 0 Å². The molecule has 0 saturated carbocycles. The molecule has 160 valence electrons. The molecule has 2 aromatic rings. The zero-order valence-corrected chi connectivity index (χ0v) is 17.9. The second kappa shape index (κ2) is 9.91. The van der Waals surface area contributed by atoms with Gasteiger partial charge in [-0.2, -0.15) is 0 Å². The van der Waals surface area contributed by atoms with Crippen molar-refractivity contribution >= 4 is 17.8 Å². The SMILES string of the molecule is COC(=O)c1cc(OCC(=O)N(Cc2ccccc2)C(C)(C)C)cc(C(=O)OC)c1. The highest BCUT2D eigenvalue weighted by molar-refractivity contribution is 5.96. The molecule has 0 heterocycles. The molecule has 2 rings (SSSR count). The van der Waals surface area contributed by atoms with Crippen LogP contribution in [0.3, 0.4) is 0 Å². The lowest BCUT2D eigenvalue weighted by atomic mass is 10.0. The molecule has 0 aliphatic heterocycles. The smallest absolute Gasteiger partial charge is 0.338 e. The molecule has 0 aromatic heterocycles. The van der Waals surface area contributed by atoms with Gasteiger partial charge in [0, 0.05) is 12.1 Å². The van der Waals surface area contributed by atoms with Gasteiger partial charge in [-0.3, -0.25) is 4.79 Å². The van der Waals surface area contributed by atoms with Crippen LogP contribution in [0.4, 0.5) is 0 Å². The third kappa shape index (κ3) is 6.07. The van der Waals surface area contributed by atoms with Crippen LogP contribution in [-0.4, -0.2) is 49.1 Å². The first-order valence-corrected chi connectivity index (χ1v) is 9.44. The highest BCUT2D eigenvalue weighted by atomic mass is 16.5. The fraction of sp³-hybridized carbons (Fsp3) is 0.348. The van der Waals surface area contributed by atoms with E-state index in [4.69, 9.17) is 14.2 Å². The van der Waals surface area contributed by atoms with Crippen molar-refractivity contribution < 1.29 is 28.6 Å². The number of carbonyl (C=O) groups excluding carboxylic acids is 3. The van der Waals surface area contributed by atoms with Crippen molar-refractivity contribution in [2.24, 2.45) is 0 Å². The molecule has 0 unspecified atom stereocenters. The molecule has 30 heavy (non-hydrogen) atoms. The molecule has 0 bridgehead atoms. The zero-order chi connectivity index (χ0) is 22.3. The summed E-state index contributed by atoms with van der Waals surface area (Å²) in [5, 5.41) is 0. The highest BCUT2D eigenvalue weighted by Crippen LogP contribution is 2.21. The Bertz CT molecular complexity index is 867. The van der Waals surface area contributed by atoms with Crippen LogP contribution in [0.2, 0.25) is 0 Å². The summed E-state index contributed by atoms with van der Waals surface area (Å²) in [6.45, 7) is 6.01. The Morgan fingerprint density at radius 1 is 0.867 bits per heavy atom. The minimum Gasteiger partial charge on any atom is -0.484 e. The molecular weight excluding hydrogens is 386 g/mol. The van der Waals surface area contributed by atoms with Crippen LogP contribution in [0.1, 0.15) is 47.1 Å². The van der Waals surface area contributed by atoms with Crippen molar-refractivity contribution in [1.29, 1.82) is 0 Å². The van der Waals surface area contributed by atoms with Crippen LogP contribution < -0.4 is 4.74 Å². The fourth-order valence-corrected chi connectivity index (χ4v) is 2.84. The van der Waals surface area contributed by atoms with E-state index in [-0.39, 0.29) is 29.4 Å². The predicted molar refractivity (Wildman–Crippen MR) is 111 cm³/mol. The van der Waals surface area contributed by atoms with E-state index >= 15 is 0 Å². The summed E-state index contributed by atoms with van der Waals surface area (Å²) in [6, 6.07) is 13.9. The normalized spacial score (nSPS) is 10.8. The van der Waals surface area contributed by atoms with Gasteiger partial charge in [0.2, 0.25) is 0 Å². The van der Waals surface area contributed by atoms with Gasteiger partial charge in [0.1, 0.15) is 5.75 Å². The molecule has 0 spiro atoms. The van der Waals surface area contributed by atoms with Crippen LogP contribution in [0.5, 0.6) is 5.75 Å². The van der Waals surface area contributed by atoms with Crippen molar-refractivity contribution in [2.75, 3.05) is 20.8 Å². The summed E-state index contributed by atoms with van der Waals surface area (Å²) in [4.78, 5) is 38.5. The standard InChI is InChI=1S/C23H27NO6/c1-23(2,3)24(14-16-9-7-6-8-10-16)20(25)15-30-19-12-17(21(26)28-4)11-18(13-19)22(27)29-5/h6-13H,14-15H2,1-5H3. The summed E-state index contributed by atoms with van der Waals surface area (Å²) < 4.78 is 15.1. The van der Waals surface area contributed by atoms with Crippen molar-refractivity contribution in [2.45, 2.75) is 32.9 Å². The van der Waals surface area contributed by atoms with Crippen molar-refractivity contribution in [3.63, 3.8) is 0 Å². The van der Waals surface area contributed by atoms with Crippen molar-refractivity contribution in [3.8, 4) is 5.75 Å². The first-order chi connectivity index (χ1) is 14.2. The van der Waals surface area contributed by atoms with E-state index in [2.05, 4.69) is 0 Å². The Labute approximate surface area is 176 Å². The molecule has 0 fully saturated rings. The summed E-state index contributed by atoms with van der Waals surface area (Å²) in [5.41, 5.74) is 0.822. The number of carbonyl (C=O) groups is 3. The average Bonchev–Trinajstić information content (AvgIpc) is 2.74. The monoisotopic (exact) mass is 413 g/mol. The van der Waals surface area contributed by atoms with Gasteiger partial charge in [0.25, 0.3) is 5.91 Å². The minimum atomic E-state index is -0.627. The third-order valence-electron chi connectivity index (χ3n) is 4.41. The maximum Gasteiger partial charge on any atom is 0.338 e. The Hall–Kier alpha value is -3.35. The molecule has 7 heteroatoms. The number of benzene rings is 2. The number of ether oxygens (including phenoxy) is 3. The Morgan fingerprint density at radius 3 is 1.87 bits per heavy atom. The largest absolute Gasteiger partial charge is 0.484 e. The van der Waals surface area contributed by atoms with Crippen LogP contribution in [-0.2, 0) is 20.8 Å². The van der Waals surface area contributed by atoms with Gasteiger partial charge in [-0.1, -0.05) is 30.3 Å². The first-order valence-electron chi connectivity index (χ1n) is 9.44. The van der Waals surface area contributed by atoms with E-state index < -0.39 is 17.5 Å². The molecule has 0 saturated heterocycles. The fourth-order valence-electron chi connectivity index (χ4n) is 2.84. The van der Waals surface area contributed by atoms with Gasteiger partial charge in [0.15, 0.2) is 6.61 Å². The van der Waals surface area contributed by atoms with Crippen LogP contribution in [0.15, 0.2) is 48.5 Å². The maximum absolute atomic E-state index is 12.9. The summed E-state index contributed by atoms with van der Waals surface area (Å²) in [7, 11) is 2.48. The van der Waals surface area contributed by atoms with Gasteiger partial charge in [0.05, 0.1) is 25.3 Å². The zero-order valence-electron chi connectivity index (χ0n) is 17.9. The Balaban J connectivity index is 2.21. The topological polar surface area (TPSA) is 82.1 Å². The molecule has 0 aliphatic carbocycles. The molecule has 7 nitrogen and oxygen atoms in total. The number of rotatable bonds is 7. The molecule has 2 aromatic carbocycles. The van der Waals surface area contributed by atoms with Gasteiger partial charge < -0.3 is 19.1 Å². The van der Waals surface area contributed by atoms with Crippen LogP contribution in [0, 0.1) is 0 Å². The second-order valence-electron chi connectivity index (χ2n) is 7.65. The minimum absolute atomic E-state index is 0.125. The quantitative estimate of drug-likeness (QED) is 0.647. The average molecular weight is 413 g/mol. The predicted octanol–water partition coefficient (Wildman–Crippen LogP) is 3.47. The van der Waals surface area contributed by atoms with Gasteiger partial charge >= 0.3 is 11.9 Å². The molecule has 0 atom stereocenters. The van der Waals surface area contributed by atoms with E-state index in [1.54, 1.807) is 4.90 Å². The van der Waals surface area contributed by atoms with Gasteiger partial charge in [-0.25, -0.2) is 9.59 Å². The molecule has 1 amide bonds. The number of nitrogens with zero attached hydrogens (tertiary/aromatic N) is 1. The van der Waals surface area contributed by atoms with E-state index in [0.717, 1.165) is 5.56 Å². The lowest BCUT2D eigenvalue weighted by Crippen LogP contribution is -2.47. The Morgan fingerprint density at radius 2 is 1.40 bits per heavy atom. The van der Waals surface area contributed by atoms with Crippen molar-refractivity contribution in [1.82, 2.24) is 4.90 Å². The van der Waals surface area contributed by atoms with Gasteiger partial charge in [-0.05, 0) is 44.5 Å². The molecule has 0 aliphatic rings. The molecular formula is C23H27NO6. The molecule has 0 N–H and O–H groups in total. The summed E-state index contributed by atoms with van der Waals surface area (Å²) in [5.74, 6) is -1.29. The van der Waals surface area contributed by atoms with Crippen LogP contribution in [0.25, 0.3) is 0 Å². The summed E-state index contributed by atoms with van der Waals surface area (Å²) >= 11 is 0.